The number of aryl methyl sites for hydroxylation is 1. The maximum atomic E-state index is 8.81. The zero-order chi connectivity index (χ0) is 10.8. The zero-order valence-electron chi connectivity index (χ0n) is 8.24. The Kier molecular flexibility index (Phi) is 2.69. The van der Waals surface area contributed by atoms with E-state index in [1.54, 1.807) is 12.1 Å². The summed E-state index contributed by atoms with van der Waals surface area (Å²) in [6, 6.07) is 5.63. The molecule has 1 aromatic carbocycles. The van der Waals surface area contributed by atoms with Crippen LogP contribution in [0.25, 0.3) is 11.0 Å². The second-order valence-corrected chi connectivity index (χ2v) is 4.10. The zero-order valence-corrected chi connectivity index (χ0v) is 9.82. The van der Waals surface area contributed by atoms with Crippen LogP contribution in [0.5, 0.6) is 0 Å². The van der Waals surface area contributed by atoms with Crippen molar-refractivity contribution in [2.75, 3.05) is 0 Å². The molecule has 76 valence electrons. The maximum absolute atomic E-state index is 8.81. The minimum atomic E-state index is 0.595. The van der Waals surface area contributed by atoms with Crippen LogP contribution in [-0.2, 0) is 6.54 Å². The molecule has 0 atom stereocenters. The minimum absolute atomic E-state index is 0.595. The van der Waals surface area contributed by atoms with Crippen molar-refractivity contribution in [2.24, 2.45) is 0 Å². The first-order valence-corrected chi connectivity index (χ1v) is 5.48. The van der Waals surface area contributed by atoms with Crippen LogP contribution in [0, 0.1) is 11.3 Å². The molecule has 5 heteroatoms. The first kappa shape index (κ1) is 10.1. The molecule has 0 N–H and O–H groups in total. The van der Waals surface area contributed by atoms with Gasteiger partial charge in [-0.25, -0.2) is 4.68 Å². The predicted octanol–water partition coefficient (Wildman–Crippen LogP) is 2.48. The van der Waals surface area contributed by atoms with Gasteiger partial charge in [0.05, 0.1) is 11.6 Å². The highest BCUT2D eigenvalue weighted by Crippen LogP contribution is 2.24. The molecule has 0 spiro atoms. The van der Waals surface area contributed by atoms with Gasteiger partial charge in [0.1, 0.15) is 11.0 Å². The van der Waals surface area contributed by atoms with Gasteiger partial charge in [0.25, 0.3) is 0 Å². The van der Waals surface area contributed by atoms with Gasteiger partial charge in [-0.05, 0) is 34.5 Å². The summed E-state index contributed by atoms with van der Waals surface area (Å²) < 4.78 is 2.72. The third kappa shape index (κ3) is 1.73. The average Bonchev–Trinajstić information content (AvgIpc) is 2.62. The molecule has 0 radical (unpaired) electrons. The highest BCUT2D eigenvalue weighted by molar-refractivity contribution is 9.10. The number of hydrogen-bond acceptors (Lipinski definition) is 3. The van der Waals surface area contributed by atoms with Crippen molar-refractivity contribution in [3.63, 3.8) is 0 Å². The molecule has 0 aliphatic heterocycles. The van der Waals surface area contributed by atoms with Gasteiger partial charge in [-0.2, -0.15) is 5.26 Å². The van der Waals surface area contributed by atoms with E-state index in [1.807, 2.05) is 4.68 Å². The Morgan fingerprint density at radius 3 is 3.00 bits per heavy atom. The average molecular weight is 265 g/mol. The number of fused-ring (bicyclic) bond motifs is 1. The van der Waals surface area contributed by atoms with Gasteiger partial charge in [-0.15, -0.1) is 5.10 Å². The lowest BCUT2D eigenvalue weighted by Gasteiger charge is -2.00. The molecule has 4 nitrogen and oxygen atoms in total. The van der Waals surface area contributed by atoms with E-state index in [2.05, 4.69) is 39.2 Å². The molecule has 0 aliphatic rings. The van der Waals surface area contributed by atoms with E-state index in [4.69, 9.17) is 5.26 Å². The number of nitrogens with zero attached hydrogens (tertiary/aromatic N) is 4. The summed E-state index contributed by atoms with van der Waals surface area (Å²) in [4.78, 5) is 0. The molecule has 0 bridgehead atoms. The van der Waals surface area contributed by atoms with Gasteiger partial charge >= 0.3 is 0 Å². The fourth-order valence-corrected chi connectivity index (χ4v) is 2.15. The number of rotatable bonds is 2. The van der Waals surface area contributed by atoms with Crippen LogP contribution in [-0.4, -0.2) is 15.0 Å². The van der Waals surface area contributed by atoms with E-state index in [1.165, 1.54) is 0 Å². The second-order valence-electron chi connectivity index (χ2n) is 3.25. The minimum Gasteiger partial charge on any atom is -0.244 e. The van der Waals surface area contributed by atoms with Crippen molar-refractivity contribution in [2.45, 2.75) is 19.9 Å². The maximum Gasteiger partial charge on any atom is 0.115 e. The number of benzene rings is 1. The Balaban J connectivity index is 2.67. The van der Waals surface area contributed by atoms with Crippen LogP contribution < -0.4 is 0 Å². The Morgan fingerprint density at radius 2 is 2.33 bits per heavy atom. The van der Waals surface area contributed by atoms with Gasteiger partial charge < -0.3 is 0 Å². The smallest absolute Gasteiger partial charge is 0.115 e. The van der Waals surface area contributed by atoms with E-state index in [-0.39, 0.29) is 0 Å². The number of aromatic nitrogens is 3. The van der Waals surface area contributed by atoms with E-state index in [9.17, 15) is 0 Å². The lowest BCUT2D eigenvalue weighted by atomic mass is 10.2. The molecule has 0 saturated carbocycles. The van der Waals surface area contributed by atoms with Crippen molar-refractivity contribution in [3.05, 3.63) is 22.2 Å². The second kappa shape index (κ2) is 3.99. The fraction of sp³-hybridized carbons (Fsp3) is 0.300. The molecule has 0 amide bonds. The molecule has 15 heavy (non-hydrogen) atoms. The Hall–Kier alpha value is -1.41. The monoisotopic (exact) mass is 264 g/mol. The normalized spacial score (nSPS) is 10.5. The Labute approximate surface area is 95.6 Å². The summed E-state index contributed by atoms with van der Waals surface area (Å²) >= 11 is 3.44. The molecule has 1 aromatic heterocycles. The van der Waals surface area contributed by atoms with Crippen molar-refractivity contribution < 1.29 is 0 Å². The molecular weight excluding hydrogens is 256 g/mol. The van der Waals surface area contributed by atoms with Gasteiger partial charge in [-0.1, -0.05) is 12.1 Å². The summed E-state index contributed by atoms with van der Waals surface area (Å²) in [7, 11) is 0. The molecular formula is C10H9BrN4. The van der Waals surface area contributed by atoms with Crippen molar-refractivity contribution in [1.82, 2.24) is 15.0 Å². The first-order valence-electron chi connectivity index (χ1n) is 4.69. The number of halogens is 1. The van der Waals surface area contributed by atoms with Crippen LogP contribution >= 0.6 is 15.9 Å². The van der Waals surface area contributed by atoms with Gasteiger partial charge in [0, 0.05) is 11.0 Å². The van der Waals surface area contributed by atoms with Gasteiger partial charge in [-0.3, -0.25) is 0 Å². The Morgan fingerprint density at radius 1 is 1.53 bits per heavy atom. The summed E-state index contributed by atoms with van der Waals surface area (Å²) in [6.45, 7) is 2.92. The summed E-state index contributed by atoms with van der Waals surface area (Å²) in [5.74, 6) is 0. The van der Waals surface area contributed by atoms with Crippen LogP contribution in [0.1, 0.15) is 18.9 Å². The number of hydrogen-bond donors (Lipinski definition) is 0. The molecule has 0 aliphatic carbocycles. The lowest BCUT2D eigenvalue weighted by molar-refractivity contribution is 0.595. The van der Waals surface area contributed by atoms with Gasteiger partial charge in [0.15, 0.2) is 0 Å². The lowest BCUT2D eigenvalue weighted by Crippen LogP contribution is -1.99. The van der Waals surface area contributed by atoms with Crippen molar-refractivity contribution in [1.29, 1.82) is 5.26 Å². The molecule has 0 unspecified atom stereocenters. The van der Waals surface area contributed by atoms with Crippen molar-refractivity contribution in [3.8, 4) is 6.07 Å². The third-order valence-electron chi connectivity index (χ3n) is 2.13. The fourth-order valence-electron chi connectivity index (χ4n) is 1.50. The van der Waals surface area contributed by atoms with Crippen LogP contribution in [0.3, 0.4) is 0 Å². The topological polar surface area (TPSA) is 54.5 Å². The molecule has 2 rings (SSSR count). The summed E-state index contributed by atoms with van der Waals surface area (Å²) in [6.07, 6.45) is 1.00. The standard InChI is InChI=1S/C10H9BrN4/c1-2-3-15-10-8(11)4-7(6-12)5-9(10)13-14-15/h4-5H,2-3H2,1H3. The molecule has 0 fully saturated rings. The van der Waals surface area contributed by atoms with Crippen molar-refractivity contribution >= 4 is 27.0 Å². The molecule has 2 aromatic rings. The quantitative estimate of drug-likeness (QED) is 0.838. The molecule has 1 heterocycles. The van der Waals surface area contributed by atoms with E-state index < -0.39 is 0 Å². The Bertz CT molecular complexity index is 538. The number of nitriles is 1. The largest absolute Gasteiger partial charge is 0.244 e. The SMILES string of the molecule is CCCn1nnc2cc(C#N)cc(Br)c21. The summed E-state index contributed by atoms with van der Waals surface area (Å²) in [5, 5.41) is 16.9. The van der Waals surface area contributed by atoms with E-state index in [0.717, 1.165) is 28.5 Å². The van der Waals surface area contributed by atoms with Crippen LogP contribution in [0.4, 0.5) is 0 Å². The summed E-state index contributed by atoms with van der Waals surface area (Å²) in [5.41, 5.74) is 2.31. The van der Waals surface area contributed by atoms with E-state index >= 15 is 0 Å². The highest BCUT2D eigenvalue weighted by Gasteiger charge is 2.09. The third-order valence-corrected chi connectivity index (χ3v) is 2.73. The molecule has 0 saturated heterocycles. The predicted molar refractivity (Wildman–Crippen MR) is 60.2 cm³/mol. The van der Waals surface area contributed by atoms with E-state index in [0.29, 0.717) is 5.56 Å². The highest BCUT2D eigenvalue weighted by atomic mass is 79.9. The van der Waals surface area contributed by atoms with Crippen LogP contribution in [0.2, 0.25) is 0 Å². The van der Waals surface area contributed by atoms with Gasteiger partial charge in [0.2, 0.25) is 0 Å². The first-order chi connectivity index (χ1) is 7.26. The van der Waals surface area contributed by atoms with Crippen LogP contribution in [0.15, 0.2) is 16.6 Å².